The Bertz CT molecular complexity index is 1080. The third-order valence-electron chi connectivity index (χ3n) is 4.84. The van der Waals surface area contributed by atoms with Crippen molar-refractivity contribution < 1.29 is 14.3 Å². The van der Waals surface area contributed by atoms with E-state index in [0.29, 0.717) is 33.9 Å². The Morgan fingerprint density at radius 1 is 1.38 bits per heavy atom. The van der Waals surface area contributed by atoms with E-state index in [4.69, 9.17) is 14.5 Å². The molecule has 1 fully saturated rings. The normalized spacial score (nSPS) is 16.2. The van der Waals surface area contributed by atoms with E-state index in [-0.39, 0.29) is 11.7 Å². The molecule has 3 heterocycles. The zero-order valence-corrected chi connectivity index (χ0v) is 16.9. The molecule has 0 radical (unpaired) electrons. The number of thioether (sulfide) groups is 1. The lowest BCUT2D eigenvalue weighted by Gasteiger charge is -2.16. The summed E-state index contributed by atoms with van der Waals surface area (Å²) in [6, 6.07) is 8.70. The average molecular weight is 411 g/mol. The van der Waals surface area contributed by atoms with Gasteiger partial charge in [0.25, 0.3) is 5.56 Å². The third-order valence-corrected chi connectivity index (χ3v) is 5.89. The summed E-state index contributed by atoms with van der Waals surface area (Å²) in [5.41, 5.74) is 1.76. The predicted octanol–water partition coefficient (Wildman–Crippen LogP) is 3.05. The summed E-state index contributed by atoms with van der Waals surface area (Å²) < 4.78 is 12.2. The van der Waals surface area contributed by atoms with Gasteiger partial charge in [-0.2, -0.15) is 0 Å². The zero-order chi connectivity index (χ0) is 20.2. The first-order chi connectivity index (χ1) is 14.2. The molecule has 0 spiro atoms. The third kappa shape index (κ3) is 4.33. The second kappa shape index (κ2) is 8.75. The lowest BCUT2D eigenvalue weighted by Crippen LogP contribution is -2.29. The van der Waals surface area contributed by atoms with Gasteiger partial charge in [0, 0.05) is 24.8 Å². The average Bonchev–Trinajstić information content (AvgIpc) is 3.27. The molecule has 1 aromatic carbocycles. The minimum Gasteiger partial charge on any atom is -0.465 e. The molecule has 0 aliphatic carbocycles. The molecule has 0 saturated carbocycles. The van der Waals surface area contributed by atoms with Gasteiger partial charge in [0.05, 0.1) is 36.2 Å². The van der Waals surface area contributed by atoms with Gasteiger partial charge in [-0.15, -0.1) is 0 Å². The first-order valence-corrected chi connectivity index (χ1v) is 10.4. The van der Waals surface area contributed by atoms with Crippen molar-refractivity contribution in [2.24, 2.45) is 0 Å². The standard InChI is InChI=1S/C21H21N3O4S/c1-27-20(26)15-6-7-17-18(10-15)23-21(29-13-14-4-2-8-22-11-14)24(19(17)25)12-16-5-3-9-28-16/h2,4,6-8,10-11,16H,3,5,9,12-13H2,1H3. The van der Waals surface area contributed by atoms with Gasteiger partial charge in [0.15, 0.2) is 5.16 Å². The zero-order valence-electron chi connectivity index (χ0n) is 16.0. The highest BCUT2D eigenvalue weighted by atomic mass is 32.2. The first-order valence-electron chi connectivity index (χ1n) is 9.42. The molecular weight excluding hydrogens is 390 g/mol. The highest BCUT2D eigenvalue weighted by molar-refractivity contribution is 7.98. The molecule has 1 atom stereocenters. The summed E-state index contributed by atoms with van der Waals surface area (Å²) in [7, 11) is 1.33. The molecule has 1 unspecified atom stereocenters. The summed E-state index contributed by atoms with van der Waals surface area (Å²) in [4.78, 5) is 33.9. The van der Waals surface area contributed by atoms with Crippen LogP contribution in [0.3, 0.4) is 0 Å². The topological polar surface area (TPSA) is 83.3 Å². The molecule has 1 aliphatic rings. The van der Waals surface area contributed by atoms with Crippen molar-refractivity contribution in [1.82, 2.24) is 14.5 Å². The number of ether oxygens (including phenoxy) is 2. The molecular formula is C21H21N3O4S. The highest BCUT2D eigenvalue weighted by Crippen LogP contribution is 2.24. The number of nitrogens with zero attached hydrogens (tertiary/aromatic N) is 3. The molecule has 7 nitrogen and oxygen atoms in total. The Balaban J connectivity index is 1.74. The molecule has 8 heteroatoms. The van der Waals surface area contributed by atoms with Crippen LogP contribution in [0.15, 0.2) is 52.7 Å². The highest BCUT2D eigenvalue weighted by Gasteiger charge is 2.21. The molecule has 0 bridgehead atoms. The van der Waals surface area contributed by atoms with E-state index < -0.39 is 5.97 Å². The fourth-order valence-corrected chi connectivity index (χ4v) is 4.28. The van der Waals surface area contributed by atoms with Gasteiger partial charge in [-0.05, 0) is 42.7 Å². The Morgan fingerprint density at radius 2 is 2.28 bits per heavy atom. The Labute approximate surface area is 172 Å². The Morgan fingerprint density at radius 3 is 3.00 bits per heavy atom. The molecule has 1 aliphatic heterocycles. The smallest absolute Gasteiger partial charge is 0.337 e. The van der Waals surface area contributed by atoms with Crippen LogP contribution in [0.2, 0.25) is 0 Å². The maximum absolute atomic E-state index is 13.2. The SMILES string of the molecule is COC(=O)c1ccc2c(=O)n(CC3CCCO3)c(SCc3cccnc3)nc2c1. The molecule has 0 amide bonds. The minimum absolute atomic E-state index is 0.0130. The number of esters is 1. The van der Waals surface area contributed by atoms with Crippen molar-refractivity contribution in [2.75, 3.05) is 13.7 Å². The van der Waals surface area contributed by atoms with Gasteiger partial charge in [-0.1, -0.05) is 17.8 Å². The predicted molar refractivity (Wildman–Crippen MR) is 110 cm³/mol. The van der Waals surface area contributed by atoms with Crippen molar-refractivity contribution >= 4 is 28.6 Å². The van der Waals surface area contributed by atoms with E-state index in [2.05, 4.69) is 4.98 Å². The van der Waals surface area contributed by atoms with Crippen molar-refractivity contribution in [3.63, 3.8) is 0 Å². The van der Waals surface area contributed by atoms with E-state index in [0.717, 1.165) is 25.0 Å². The summed E-state index contributed by atoms with van der Waals surface area (Å²) in [6.07, 6.45) is 5.47. The number of benzene rings is 1. The van der Waals surface area contributed by atoms with Gasteiger partial charge < -0.3 is 9.47 Å². The van der Waals surface area contributed by atoms with Crippen LogP contribution in [0.25, 0.3) is 10.9 Å². The van der Waals surface area contributed by atoms with Gasteiger partial charge in [-0.3, -0.25) is 14.3 Å². The number of rotatable bonds is 6. The lowest BCUT2D eigenvalue weighted by atomic mass is 10.1. The number of fused-ring (bicyclic) bond motifs is 1. The number of aromatic nitrogens is 3. The number of carbonyl (C=O) groups excluding carboxylic acids is 1. The Kier molecular flexibility index (Phi) is 5.92. The second-order valence-electron chi connectivity index (χ2n) is 6.82. The van der Waals surface area contributed by atoms with Crippen LogP contribution >= 0.6 is 11.8 Å². The van der Waals surface area contributed by atoms with E-state index >= 15 is 0 Å². The van der Waals surface area contributed by atoms with Crippen LogP contribution in [0.1, 0.15) is 28.8 Å². The first kappa shape index (κ1) is 19.6. The van der Waals surface area contributed by atoms with Crippen molar-refractivity contribution in [1.29, 1.82) is 0 Å². The van der Waals surface area contributed by atoms with Gasteiger partial charge in [-0.25, -0.2) is 9.78 Å². The summed E-state index contributed by atoms with van der Waals surface area (Å²) in [5, 5.41) is 1.07. The van der Waals surface area contributed by atoms with E-state index in [1.54, 1.807) is 35.2 Å². The van der Waals surface area contributed by atoms with Crippen LogP contribution < -0.4 is 5.56 Å². The van der Waals surface area contributed by atoms with Crippen LogP contribution in [-0.2, 0) is 21.8 Å². The van der Waals surface area contributed by atoms with Crippen LogP contribution in [0.5, 0.6) is 0 Å². The molecule has 3 aromatic rings. The minimum atomic E-state index is -0.457. The van der Waals surface area contributed by atoms with Crippen LogP contribution in [-0.4, -0.2) is 40.3 Å². The Hall–Kier alpha value is -2.71. The van der Waals surface area contributed by atoms with Gasteiger partial charge in [0.2, 0.25) is 0 Å². The number of carbonyl (C=O) groups is 1. The molecule has 0 N–H and O–H groups in total. The largest absolute Gasteiger partial charge is 0.465 e. The van der Waals surface area contributed by atoms with Crippen LogP contribution in [0, 0.1) is 0 Å². The number of hydrogen-bond donors (Lipinski definition) is 0. The van der Waals surface area contributed by atoms with Crippen molar-refractivity contribution in [2.45, 2.75) is 36.4 Å². The molecule has 2 aromatic heterocycles. The quantitative estimate of drug-likeness (QED) is 0.350. The molecule has 4 rings (SSSR count). The van der Waals surface area contributed by atoms with E-state index in [9.17, 15) is 9.59 Å². The van der Waals surface area contributed by atoms with E-state index in [1.807, 2.05) is 12.1 Å². The lowest BCUT2D eigenvalue weighted by molar-refractivity contribution is 0.0601. The van der Waals surface area contributed by atoms with Gasteiger partial charge in [0.1, 0.15) is 0 Å². The summed E-state index contributed by atoms with van der Waals surface area (Å²) in [5.74, 6) is 0.176. The van der Waals surface area contributed by atoms with Crippen LogP contribution in [0.4, 0.5) is 0 Å². The van der Waals surface area contributed by atoms with Gasteiger partial charge >= 0.3 is 5.97 Å². The summed E-state index contributed by atoms with van der Waals surface area (Å²) in [6.45, 7) is 1.19. The maximum Gasteiger partial charge on any atom is 0.337 e. The van der Waals surface area contributed by atoms with Crippen molar-refractivity contribution in [3.05, 3.63) is 64.2 Å². The summed E-state index contributed by atoms with van der Waals surface area (Å²) >= 11 is 1.47. The fourth-order valence-electron chi connectivity index (χ4n) is 3.34. The van der Waals surface area contributed by atoms with E-state index in [1.165, 1.54) is 18.9 Å². The molecule has 150 valence electrons. The number of pyridine rings is 1. The fraction of sp³-hybridized carbons (Fsp3) is 0.333. The number of methoxy groups -OCH3 is 1. The second-order valence-corrected chi connectivity index (χ2v) is 7.76. The van der Waals surface area contributed by atoms with Crippen molar-refractivity contribution in [3.8, 4) is 0 Å². The monoisotopic (exact) mass is 411 g/mol. The molecule has 29 heavy (non-hydrogen) atoms. The maximum atomic E-state index is 13.2. The number of hydrogen-bond acceptors (Lipinski definition) is 7. The molecule has 1 saturated heterocycles.